The first-order valence-corrected chi connectivity index (χ1v) is 7.79. The molecule has 1 saturated carbocycles. The maximum Gasteiger partial charge on any atom is 0.241 e. The SMILES string of the molecule is C[C@H](NC(=O)C(N)c1ccccc1)C1CCCCCC1. The Balaban J connectivity index is 1.89. The number of hydrogen-bond donors (Lipinski definition) is 2. The summed E-state index contributed by atoms with van der Waals surface area (Å²) in [5.74, 6) is 0.539. The lowest BCUT2D eigenvalue weighted by Crippen LogP contribution is -2.42. The van der Waals surface area contributed by atoms with Gasteiger partial charge in [0.1, 0.15) is 6.04 Å². The molecular weight excluding hydrogens is 248 g/mol. The van der Waals surface area contributed by atoms with E-state index in [2.05, 4.69) is 12.2 Å². The first-order valence-electron chi connectivity index (χ1n) is 7.79. The Morgan fingerprint density at radius 2 is 1.75 bits per heavy atom. The van der Waals surface area contributed by atoms with Crippen molar-refractivity contribution in [2.75, 3.05) is 0 Å². The van der Waals surface area contributed by atoms with E-state index in [0.717, 1.165) is 5.56 Å². The minimum absolute atomic E-state index is 0.0621. The zero-order valence-corrected chi connectivity index (χ0v) is 12.3. The molecule has 0 aliphatic heterocycles. The van der Waals surface area contributed by atoms with Gasteiger partial charge in [-0.25, -0.2) is 0 Å². The Bertz CT molecular complexity index is 410. The lowest BCUT2D eigenvalue weighted by molar-refractivity contribution is -0.123. The van der Waals surface area contributed by atoms with E-state index in [1.165, 1.54) is 38.5 Å². The van der Waals surface area contributed by atoms with Gasteiger partial charge in [0.05, 0.1) is 0 Å². The van der Waals surface area contributed by atoms with Crippen molar-refractivity contribution in [3.05, 3.63) is 35.9 Å². The maximum absolute atomic E-state index is 12.2. The molecule has 1 aliphatic rings. The smallest absolute Gasteiger partial charge is 0.241 e. The van der Waals surface area contributed by atoms with Crippen LogP contribution in [0.25, 0.3) is 0 Å². The molecule has 110 valence electrons. The fourth-order valence-electron chi connectivity index (χ4n) is 3.05. The topological polar surface area (TPSA) is 55.1 Å². The number of amides is 1. The molecule has 1 unspecified atom stereocenters. The molecule has 0 spiro atoms. The second-order valence-electron chi connectivity index (χ2n) is 5.94. The number of carbonyl (C=O) groups excluding carboxylic acids is 1. The molecule has 1 aliphatic carbocycles. The summed E-state index contributed by atoms with van der Waals surface area (Å²) in [5.41, 5.74) is 6.91. The maximum atomic E-state index is 12.2. The second kappa shape index (κ2) is 7.44. The van der Waals surface area contributed by atoms with Crippen molar-refractivity contribution in [2.24, 2.45) is 11.7 Å². The standard InChI is InChI=1S/C17H26N2O/c1-13(14-9-5-2-3-6-10-14)19-17(20)16(18)15-11-7-4-8-12-15/h4,7-8,11-14,16H,2-3,5-6,9-10,18H2,1H3,(H,19,20)/t13-,16?/m0/s1. The highest BCUT2D eigenvalue weighted by molar-refractivity contribution is 5.83. The minimum Gasteiger partial charge on any atom is -0.352 e. The predicted octanol–water partition coefficient (Wildman–Crippen LogP) is 3.16. The van der Waals surface area contributed by atoms with E-state index in [4.69, 9.17) is 5.73 Å². The fourth-order valence-corrected chi connectivity index (χ4v) is 3.05. The summed E-state index contributed by atoms with van der Waals surface area (Å²) in [6, 6.07) is 9.22. The fraction of sp³-hybridized carbons (Fsp3) is 0.588. The molecular formula is C17H26N2O. The summed E-state index contributed by atoms with van der Waals surface area (Å²) in [6.07, 6.45) is 7.69. The van der Waals surface area contributed by atoms with Gasteiger partial charge in [-0.15, -0.1) is 0 Å². The van der Waals surface area contributed by atoms with Gasteiger partial charge in [-0.1, -0.05) is 56.0 Å². The number of carbonyl (C=O) groups is 1. The molecule has 0 bridgehead atoms. The number of rotatable bonds is 4. The number of nitrogens with one attached hydrogen (secondary N) is 1. The molecule has 1 aromatic rings. The summed E-state index contributed by atoms with van der Waals surface area (Å²) in [6.45, 7) is 2.12. The van der Waals surface area contributed by atoms with Gasteiger partial charge in [0.2, 0.25) is 5.91 Å². The molecule has 2 atom stereocenters. The predicted molar refractivity (Wildman–Crippen MR) is 82.2 cm³/mol. The van der Waals surface area contributed by atoms with Crippen LogP contribution >= 0.6 is 0 Å². The highest BCUT2D eigenvalue weighted by Gasteiger charge is 2.23. The molecule has 3 N–H and O–H groups in total. The third kappa shape index (κ3) is 4.07. The number of hydrogen-bond acceptors (Lipinski definition) is 2. The average Bonchev–Trinajstić information content (AvgIpc) is 2.76. The van der Waals surface area contributed by atoms with E-state index >= 15 is 0 Å². The van der Waals surface area contributed by atoms with Crippen LogP contribution in [0.5, 0.6) is 0 Å². The number of nitrogens with two attached hydrogens (primary N) is 1. The van der Waals surface area contributed by atoms with E-state index in [0.29, 0.717) is 5.92 Å². The van der Waals surface area contributed by atoms with Crippen LogP contribution in [0.15, 0.2) is 30.3 Å². The van der Waals surface area contributed by atoms with Crippen molar-refractivity contribution in [3.8, 4) is 0 Å². The van der Waals surface area contributed by atoms with Gasteiger partial charge in [0.25, 0.3) is 0 Å². The Hall–Kier alpha value is -1.35. The Kier molecular flexibility index (Phi) is 5.60. The third-order valence-electron chi connectivity index (χ3n) is 4.42. The first-order chi connectivity index (χ1) is 9.68. The quantitative estimate of drug-likeness (QED) is 0.829. The molecule has 0 aromatic heterocycles. The van der Waals surface area contributed by atoms with Crippen molar-refractivity contribution in [1.29, 1.82) is 0 Å². The van der Waals surface area contributed by atoms with Crippen LogP contribution in [0.2, 0.25) is 0 Å². The van der Waals surface area contributed by atoms with Gasteiger partial charge < -0.3 is 11.1 Å². The van der Waals surface area contributed by atoms with Gasteiger partial charge in [0.15, 0.2) is 0 Å². The molecule has 0 radical (unpaired) electrons. The van der Waals surface area contributed by atoms with Crippen molar-refractivity contribution >= 4 is 5.91 Å². The lowest BCUT2D eigenvalue weighted by atomic mass is 9.92. The lowest BCUT2D eigenvalue weighted by Gasteiger charge is -2.25. The molecule has 3 nitrogen and oxygen atoms in total. The normalized spacial score (nSPS) is 19.9. The Morgan fingerprint density at radius 1 is 1.15 bits per heavy atom. The number of benzene rings is 1. The summed E-state index contributed by atoms with van der Waals surface area (Å²) in [7, 11) is 0. The summed E-state index contributed by atoms with van der Waals surface area (Å²) < 4.78 is 0. The zero-order valence-electron chi connectivity index (χ0n) is 12.3. The van der Waals surface area contributed by atoms with Crippen LogP contribution in [-0.4, -0.2) is 11.9 Å². The van der Waals surface area contributed by atoms with Crippen molar-refractivity contribution < 1.29 is 4.79 Å². The Labute approximate surface area is 121 Å². The van der Waals surface area contributed by atoms with Crippen molar-refractivity contribution in [2.45, 2.75) is 57.5 Å². The van der Waals surface area contributed by atoms with Crippen molar-refractivity contribution in [3.63, 3.8) is 0 Å². The second-order valence-corrected chi connectivity index (χ2v) is 5.94. The van der Waals surface area contributed by atoms with E-state index in [-0.39, 0.29) is 11.9 Å². The molecule has 0 saturated heterocycles. The highest BCUT2D eigenvalue weighted by Crippen LogP contribution is 2.25. The third-order valence-corrected chi connectivity index (χ3v) is 4.42. The molecule has 20 heavy (non-hydrogen) atoms. The van der Waals surface area contributed by atoms with Gasteiger partial charge in [-0.2, -0.15) is 0 Å². The monoisotopic (exact) mass is 274 g/mol. The molecule has 1 fully saturated rings. The minimum atomic E-state index is -0.565. The van der Waals surface area contributed by atoms with Crippen LogP contribution in [-0.2, 0) is 4.79 Å². The van der Waals surface area contributed by atoms with Crippen LogP contribution < -0.4 is 11.1 Å². The van der Waals surface area contributed by atoms with E-state index in [9.17, 15) is 4.79 Å². The van der Waals surface area contributed by atoms with Crippen LogP contribution in [0.1, 0.15) is 57.1 Å². The van der Waals surface area contributed by atoms with Gasteiger partial charge >= 0.3 is 0 Å². The summed E-state index contributed by atoms with van der Waals surface area (Å²) in [5, 5.41) is 3.11. The molecule has 2 rings (SSSR count). The van der Waals surface area contributed by atoms with Gasteiger partial charge in [-0.3, -0.25) is 4.79 Å². The van der Waals surface area contributed by atoms with Gasteiger partial charge in [0, 0.05) is 6.04 Å². The molecule has 1 amide bonds. The van der Waals surface area contributed by atoms with E-state index in [1.54, 1.807) is 0 Å². The molecule has 3 heteroatoms. The first kappa shape index (κ1) is 15.0. The zero-order chi connectivity index (χ0) is 14.4. The molecule has 1 aromatic carbocycles. The van der Waals surface area contributed by atoms with E-state index < -0.39 is 6.04 Å². The molecule has 0 heterocycles. The summed E-state index contributed by atoms with van der Waals surface area (Å²) in [4.78, 5) is 12.2. The summed E-state index contributed by atoms with van der Waals surface area (Å²) >= 11 is 0. The van der Waals surface area contributed by atoms with Crippen LogP contribution in [0, 0.1) is 5.92 Å². The van der Waals surface area contributed by atoms with Gasteiger partial charge in [-0.05, 0) is 31.2 Å². The highest BCUT2D eigenvalue weighted by atomic mass is 16.2. The van der Waals surface area contributed by atoms with Crippen LogP contribution in [0.3, 0.4) is 0 Å². The van der Waals surface area contributed by atoms with E-state index in [1.807, 2.05) is 30.3 Å². The van der Waals surface area contributed by atoms with Crippen molar-refractivity contribution in [1.82, 2.24) is 5.32 Å². The average molecular weight is 274 g/mol. The largest absolute Gasteiger partial charge is 0.352 e. The Morgan fingerprint density at radius 3 is 2.35 bits per heavy atom. The van der Waals surface area contributed by atoms with Crippen LogP contribution in [0.4, 0.5) is 0 Å².